The van der Waals surface area contributed by atoms with E-state index in [0.29, 0.717) is 18.0 Å². The summed E-state index contributed by atoms with van der Waals surface area (Å²) in [5, 5.41) is 2.82. The van der Waals surface area contributed by atoms with Gasteiger partial charge in [-0.3, -0.25) is 0 Å². The monoisotopic (exact) mass is 305 g/mol. The molecule has 1 aliphatic rings. The zero-order valence-corrected chi connectivity index (χ0v) is 13.7. The number of carbonyl (C=O) groups is 1. The second-order valence-electron chi connectivity index (χ2n) is 6.29. The van der Waals surface area contributed by atoms with Crippen molar-refractivity contribution < 1.29 is 19.0 Å². The molecule has 1 aromatic rings. The third-order valence-corrected chi connectivity index (χ3v) is 3.37. The summed E-state index contributed by atoms with van der Waals surface area (Å²) < 4.78 is 16.2. The van der Waals surface area contributed by atoms with Crippen molar-refractivity contribution in [1.29, 1.82) is 0 Å². The van der Waals surface area contributed by atoms with Crippen LogP contribution in [0.3, 0.4) is 0 Å². The van der Waals surface area contributed by atoms with Gasteiger partial charge >= 0.3 is 6.09 Å². The van der Waals surface area contributed by atoms with Crippen LogP contribution in [0.2, 0.25) is 0 Å². The van der Waals surface area contributed by atoms with Crippen molar-refractivity contribution in [3.8, 4) is 11.5 Å². The largest absolute Gasteiger partial charge is 0.493 e. The fraction of sp³-hybridized carbons (Fsp3) is 0.471. The smallest absolute Gasteiger partial charge is 0.407 e. The standard InChI is InChI=1S/C17H23NO4/c1-11-10-21-15-12(7-6-8-14(15)20-5)13(11)9-18-16(19)22-17(2,3)4/h6-8,10,13H,9H2,1-5H3,(H,18,19)/t13-/m1/s1. The Bertz CT molecular complexity index is 587. The van der Waals surface area contributed by atoms with Crippen LogP contribution < -0.4 is 14.8 Å². The van der Waals surface area contributed by atoms with Crippen molar-refractivity contribution >= 4 is 6.09 Å². The van der Waals surface area contributed by atoms with Gasteiger partial charge in [0.15, 0.2) is 11.5 Å². The minimum absolute atomic E-state index is 0.0337. The Morgan fingerprint density at radius 2 is 2.09 bits per heavy atom. The Kier molecular flexibility index (Phi) is 4.64. The molecule has 0 saturated heterocycles. The highest BCUT2D eigenvalue weighted by Crippen LogP contribution is 2.41. The van der Waals surface area contributed by atoms with Crippen LogP contribution in [0.4, 0.5) is 4.79 Å². The summed E-state index contributed by atoms with van der Waals surface area (Å²) in [7, 11) is 1.61. The van der Waals surface area contributed by atoms with Crippen LogP contribution in [-0.2, 0) is 4.74 Å². The van der Waals surface area contributed by atoms with Gasteiger partial charge in [-0.2, -0.15) is 0 Å². The van der Waals surface area contributed by atoms with Gasteiger partial charge in [0.05, 0.1) is 13.4 Å². The summed E-state index contributed by atoms with van der Waals surface area (Å²) >= 11 is 0. The summed E-state index contributed by atoms with van der Waals surface area (Å²) in [6, 6.07) is 5.75. The van der Waals surface area contributed by atoms with Crippen molar-refractivity contribution in [2.45, 2.75) is 39.2 Å². The van der Waals surface area contributed by atoms with E-state index in [9.17, 15) is 4.79 Å². The zero-order valence-electron chi connectivity index (χ0n) is 13.7. The predicted octanol–water partition coefficient (Wildman–Crippen LogP) is 3.60. The van der Waals surface area contributed by atoms with Crippen LogP contribution in [0, 0.1) is 0 Å². The molecule has 0 unspecified atom stereocenters. The van der Waals surface area contributed by atoms with Crippen LogP contribution in [0.25, 0.3) is 0 Å². The van der Waals surface area contributed by atoms with Crippen molar-refractivity contribution in [3.05, 3.63) is 35.6 Å². The van der Waals surface area contributed by atoms with E-state index in [-0.39, 0.29) is 5.92 Å². The van der Waals surface area contributed by atoms with E-state index in [1.807, 2.05) is 45.9 Å². The summed E-state index contributed by atoms with van der Waals surface area (Å²) in [6.45, 7) is 7.94. The van der Waals surface area contributed by atoms with Crippen molar-refractivity contribution in [1.82, 2.24) is 5.32 Å². The molecule has 120 valence electrons. The Balaban J connectivity index is 2.13. The summed E-state index contributed by atoms with van der Waals surface area (Å²) in [5.74, 6) is 1.42. The van der Waals surface area contributed by atoms with Crippen molar-refractivity contribution in [2.24, 2.45) is 0 Å². The first-order valence-electron chi connectivity index (χ1n) is 7.29. The Morgan fingerprint density at radius 1 is 1.36 bits per heavy atom. The van der Waals surface area contributed by atoms with Gasteiger partial charge in [-0.05, 0) is 39.3 Å². The van der Waals surface area contributed by atoms with Crippen molar-refractivity contribution in [3.63, 3.8) is 0 Å². The Hall–Kier alpha value is -2.17. The van der Waals surface area contributed by atoms with Gasteiger partial charge < -0.3 is 19.5 Å². The SMILES string of the molecule is COc1cccc2c1OC=C(C)[C@H]2CNC(=O)OC(C)(C)C. The maximum absolute atomic E-state index is 11.8. The molecule has 0 fully saturated rings. The number of methoxy groups -OCH3 is 1. The molecule has 0 bridgehead atoms. The molecule has 5 nitrogen and oxygen atoms in total. The van der Waals surface area contributed by atoms with E-state index in [1.165, 1.54) is 0 Å². The summed E-state index contributed by atoms with van der Waals surface area (Å²) in [4.78, 5) is 11.8. The maximum Gasteiger partial charge on any atom is 0.407 e. The number of amides is 1. The Labute approximate surface area is 131 Å². The lowest BCUT2D eigenvalue weighted by atomic mass is 9.90. The second-order valence-corrected chi connectivity index (χ2v) is 6.29. The molecule has 2 rings (SSSR count). The van der Waals surface area contributed by atoms with Crippen LogP contribution >= 0.6 is 0 Å². The van der Waals surface area contributed by atoms with E-state index < -0.39 is 11.7 Å². The van der Waals surface area contributed by atoms with Gasteiger partial charge in [-0.1, -0.05) is 12.1 Å². The zero-order chi connectivity index (χ0) is 16.3. The predicted molar refractivity (Wildman–Crippen MR) is 84.4 cm³/mol. The number of carbonyl (C=O) groups excluding carboxylic acids is 1. The molecule has 1 aliphatic heterocycles. The van der Waals surface area contributed by atoms with E-state index in [0.717, 1.165) is 11.1 Å². The molecule has 0 spiro atoms. The molecular weight excluding hydrogens is 282 g/mol. The average molecular weight is 305 g/mol. The molecule has 22 heavy (non-hydrogen) atoms. The van der Waals surface area contributed by atoms with Crippen molar-refractivity contribution in [2.75, 3.05) is 13.7 Å². The van der Waals surface area contributed by atoms with E-state index in [2.05, 4.69) is 5.32 Å². The van der Waals surface area contributed by atoms with E-state index in [1.54, 1.807) is 13.4 Å². The molecule has 1 amide bonds. The lowest BCUT2D eigenvalue weighted by molar-refractivity contribution is 0.0525. The number of hydrogen-bond acceptors (Lipinski definition) is 4. The van der Waals surface area contributed by atoms with Crippen LogP contribution in [0.5, 0.6) is 11.5 Å². The Morgan fingerprint density at radius 3 is 2.73 bits per heavy atom. The van der Waals surface area contributed by atoms with Gasteiger partial charge in [0.25, 0.3) is 0 Å². The number of benzene rings is 1. The fourth-order valence-corrected chi connectivity index (χ4v) is 2.34. The molecular formula is C17H23NO4. The fourth-order valence-electron chi connectivity index (χ4n) is 2.34. The first kappa shape index (κ1) is 16.2. The number of alkyl carbamates (subject to hydrolysis) is 1. The third kappa shape index (κ3) is 3.72. The molecule has 0 saturated carbocycles. The van der Waals surface area contributed by atoms with Gasteiger partial charge in [-0.25, -0.2) is 4.79 Å². The van der Waals surface area contributed by atoms with Crippen LogP contribution in [0.15, 0.2) is 30.0 Å². The number of ether oxygens (including phenoxy) is 3. The number of para-hydroxylation sites is 1. The van der Waals surface area contributed by atoms with Gasteiger partial charge in [-0.15, -0.1) is 0 Å². The number of hydrogen-bond donors (Lipinski definition) is 1. The minimum Gasteiger partial charge on any atom is -0.493 e. The molecule has 0 aromatic heterocycles. The number of fused-ring (bicyclic) bond motifs is 1. The molecule has 1 atom stereocenters. The molecule has 5 heteroatoms. The highest BCUT2D eigenvalue weighted by atomic mass is 16.6. The highest BCUT2D eigenvalue weighted by Gasteiger charge is 2.26. The first-order valence-corrected chi connectivity index (χ1v) is 7.29. The lowest BCUT2D eigenvalue weighted by Crippen LogP contribution is -2.35. The van der Waals surface area contributed by atoms with Crippen LogP contribution in [0.1, 0.15) is 39.2 Å². The normalized spacial score (nSPS) is 17.0. The number of rotatable bonds is 3. The second kappa shape index (κ2) is 6.30. The van der Waals surface area contributed by atoms with Gasteiger partial charge in [0.1, 0.15) is 5.60 Å². The molecule has 1 aromatic carbocycles. The summed E-state index contributed by atoms with van der Waals surface area (Å²) in [6.07, 6.45) is 1.28. The molecule has 1 N–H and O–H groups in total. The first-order chi connectivity index (χ1) is 10.3. The average Bonchev–Trinajstić information content (AvgIpc) is 2.43. The third-order valence-electron chi connectivity index (χ3n) is 3.37. The number of nitrogens with one attached hydrogen (secondary N) is 1. The minimum atomic E-state index is -0.508. The quantitative estimate of drug-likeness (QED) is 0.927. The van der Waals surface area contributed by atoms with Gasteiger partial charge in [0, 0.05) is 18.0 Å². The van der Waals surface area contributed by atoms with Gasteiger partial charge in [0.2, 0.25) is 0 Å². The molecule has 0 radical (unpaired) electrons. The maximum atomic E-state index is 11.8. The summed E-state index contributed by atoms with van der Waals surface area (Å²) in [5.41, 5.74) is 1.53. The highest BCUT2D eigenvalue weighted by molar-refractivity contribution is 5.68. The molecule has 0 aliphatic carbocycles. The molecule has 1 heterocycles. The topological polar surface area (TPSA) is 56.8 Å². The van der Waals surface area contributed by atoms with Crippen LogP contribution in [-0.4, -0.2) is 25.3 Å². The lowest BCUT2D eigenvalue weighted by Gasteiger charge is -2.27. The van der Waals surface area contributed by atoms with E-state index >= 15 is 0 Å². The van der Waals surface area contributed by atoms with E-state index in [4.69, 9.17) is 14.2 Å².